The summed E-state index contributed by atoms with van der Waals surface area (Å²) in [5.74, 6) is 0.431. The van der Waals surface area contributed by atoms with Crippen molar-refractivity contribution in [2.45, 2.75) is 25.8 Å². The Kier molecular flexibility index (Phi) is 4.53. The fourth-order valence-electron chi connectivity index (χ4n) is 4.43. The number of nitrogens with zero attached hydrogens (tertiary/aromatic N) is 4. The lowest BCUT2D eigenvalue weighted by Crippen LogP contribution is -2.42. The van der Waals surface area contributed by atoms with E-state index >= 15 is 0 Å². The fourth-order valence-corrected chi connectivity index (χ4v) is 4.43. The highest BCUT2D eigenvalue weighted by molar-refractivity contribution is 5.97. The Morgan fingerprint density at radius 3 is 2.57 bits per heavy atom. The highest BCUT2D eigenvalue weighted by Gasteiger charge is 2.32. The number of hydrogen-bond acceptors (Lipinski definition) is 4. The van der Waals surface area contributed by atoms with Gasteiger partial charge in [-0.15, -0.1) is 0 Å². The Balaban J connectivity index is 1.21. The zero-order valence-electron chi connectivity index (χ0n) is 15.9. The molecule has 28 heavy (non-hydrogen) atoms. The van der Waals surface area contributed by atoms with Crippen molar-refractivity contribution in [3.05, 3.63) is 66.0 Å². The molecule has 0 aliphatic carbocycles. The van der Waals surface area contributed by atoms with Crippen molar-refractivity contribution in [2.24, 2.45) is 5.92 Å². The predicted octanol–water partition coefficient (Wildman–Crippen LogP) is 3.43. The fraction of sp³-hybridized carbons (Fsp3) is 0.348. The number of anilines is 1. The van der Waals surface area contributed by atoms with Crippen molar-refractivity contribution < 1.29 is 4.79 Å². The van der Waals surface area contributed by atoms with Gasteiger partial charge in [0.1, 0.15) is 0 Å². The molecule has 1 fully saturated rings. The van der Waals surface area contributed by atoms with Crippen molar-refractivity contribution in [3.63, 3.8) is 0 Å². The van der Waals surface area contributed by atoms with Crippen molar-refractivity contribution in [3.8, 4) is 0 Å². The van der Waals surface area contributed by atoms with E-state index in [1.165, 1.54) is 5.56 Å². The molecule has 5 rings (SSSR count). The van der Waals surface area contributed by atoms with Gasteiger partial charge in [0.15, 0.2) is 0 Å². The minimum atomic E-state index is 0.130. The normalized spacial score (nSPS) is 17.8. The van der Waals surface area contributed by atoms with E-state index in [-0.39, 0.29) is 5.92 Å². The van der Waals surface area contributed by atoms with E-state index in [2.05, 4.69) is 28.1 Å². The molecular weight excluding hydrogens is 348 g/mol. The average Bonchev–Trinajstić information content (AvgIpc) is 3.18. The smallest absolute Gasteiger partial charge is 0.230 e. The summed E-state index contributed by atoms with van der Waals surface area (Å²) in [4.78, 5) is 26.7. The Labute approximate surface area is 165 Å². The van der Waals surface area contributed by atoms with Gasteiger partial charge in [-0.2, -0.15) is 0 Å². The highest BCUT2D eigenvalue weighted by atomic mass is 16.2. The largest absolute Gasteiger partial charge is 0.312 e. The SMILES string of the molecule is O=C(C1CCN(Cc2cnc3ccccc3n2)CC1)N1CCc2ccccc21. The molecule has 0 unspecified atom stereocenters. The van der Waals surface area contributed by atoms with E-state index in [0.29, 0.717) is 5.91 Å². The first-order valence-electron chi connectivity index (χ1n) is 10.1. The maximum absolute atomic E-state index is 13.1. The number of hydrogen-bond donors (Lipinski definition) is 0. The lowest BCUT2D eigenvalue weighted by molar-refractivity contribution is -0.123. The Hall–Kier alpha value is -2.79. The number of benzene rings is 2. The van der Waals surface area contributed by atoms with Gasteiger partial charge < -0.3 is 4.90 Å². The molecule has 0 N–H and O–H groups in total. The lowest BCUT2D eigenvalue weighted by atomic mass is 9.95. The molecule has 5 nitrogen and oxygen atoms in total. The standard InChI is InChI=1S/C23H24N4O/c28-23(27-14-11-17-5-1-4-8-22(17)27)18-9-12-26(13-10-18)16-19-15-24-20-6-2-3-7-21(20)25-19/h1-8,15,18H,9-14,16H2. The molecule has 3 aromatic rings. The number of rotatable bonds is 3. The molecule has 2 aliphatic heterocycles. The maximum atomic E-state index is 13.1. The van der Waals surface area contributed by atoms with Crippen molar-refractivity contribution in [1.82, 2.24) is 14.9 Å². The van der Waals surface area contributed by atoms with E-state index < -0.39 is 0 Å². The number of carbonyl (C=O) groups excluding carboxylic acids is 1. The van der Waals surface area contributed by atoms with Gasteiger partial charge in [-0.3, -0.25) is 14.7 Å². The third-order valence-electron chi connectivity index (χ3n) is 5.97. The lowest BCUT2D eigenvalue weighted by Gasteiger charge is -2.33. The van der Waals surface area contributed by atoms with Crippen LogP contribution in [0.3, 0.4) is 0 Å². The van der Waals surface area contributed by atoms with Gasteiger partial charge in [-0.1, -0.05) is 30.3 Å². The number of carbonyl (C=O) groups is 1. The summed E-state index contributed by atoms with van der Waals surface area (Å²) in [5, 5.41) is 0. The number of aromatic nitrogens is 2. The Morgan fingerprint density at radius 1 is 0.964 bits per heavy atom. The second kappa shape index (κ2) is 7.32. The van der Waals surface area contributed by atoms with E-state index in [4.69, 9.17) is 4.98 Å². The molecule has 1 saturated heterocycles. The van der Waals surface area contributed by atoms with Gasteiger partial charge in [0.2, 0.25) is 5.91 Å². The summed E-state index contributed by atoms with van der Waals surface area (Å²) < 4.78 is 0. The monoisotopic (exact) mass is 372 g/mol. The zero-order chi connectivity index (χ0) is 18.9. The molecule has 0 saturated carbocycles. The summed E-state index contributed by atoms with van der Waals surface area (Å²) in [6.45, 7) is 3.48. The molecule has 0 bridgehead atoms. The molecule has 2 aliphatic rings. The minimum Gasteiger partial charge on any atom is -0.312 e. The van der Waals surface area contributed by atoms with Crippen LogP contribution in [0.4, 0.5) is 5.69 Å². The van der Waals surface area contributed by atoms with Crippen LogP contribution in [-0.4, -0.2) is 40.4 Å². The van der Waals surface area contributed by atoms with E-state index in [1.54, 1.807) is 0 Å². The summed E-state index contributed by atoms with van der Waals surface area (Å²) in [6.07, 6.45) is 4.68. The van der Waals surface area contributed by atoms with Crippen LogP contribution >= 0.6 is 0 Å². The molecular formula is C23H24N4O. The summed E-state index contributed by atoms with van der Waals surface area (Å²) in [5.41, 5.74) is 5.28. The maximum Gasteiger partial charge on any atom is 0.230 e. The third-order valence-corrected chi connectivity index (χ3v) is 5.97. The van der Waals surface area contributed by atoms with Crippen LogP contribution in [0.2, 0.25) is 0 Å². The Bertz CT molecular complexity index is 1010. The number of amides is 1. The van der Waals surface area contributed by atoms with Crippen LogP contribution in [0, 0.1) is 5.92 Å². The van der Waals surface area contributed by atoms with E-state index in [9.17, 15) is 4.79 Å². The molecule has 142 valence electrons. The molecule has 0 spiro atoms. The van der Waals surface area contributed by atoms with Gasteiger partial charge in [-0.05, 0) is 56.1 Å². The molecule has 0 radical (unpaired) electrons. The Morgan fingerprint density at radius 2 is 1.71 bits per heavy atom. The quantitative estimate of drug-likeness (QED) is 0.707. The van der Waals surface area contributed by atoms with E-state index in [1.807, 2.05) is 41.4 Å². The van der Waals surface area contributed by atoms with Gasteiger partial charge in [-0.25, -0.2) is 4.98 Å². The van der Waals surface area contributed by atoms with Crippen LogP contribution < -0.4 is 4.90 Å². The first-order valence-corrected chi connectivity index (χ1v) is 10.1. The van der Waals surface area contributed by atoms with Crippen molar-refractivity contribution >= 4 is 22.6 Å². The van der Waals surface area contributed by atoms with Crippen LogP contribution in [0.15, 0.2) is 54.7 Å². The molecule has 0 atom stereocenters. The third kappa shape index (κ3) is 3.27. The molecule has 5 heteroatoms. The molecule has 1 aromatic heterocycles. The van der Waals surface area contributed by atoms with Gasteiger partial charge >= 0.3 is 0 Å². The van der Waals surface area contributed by atoms with E-state index in [0.717, 1.165) is 67.9 Å². The van der Waals surface area contributed by atoms with Crippen molar-refractivity contribution in [2.75, 3.05) is 24.5 Å². The topological polar surface area (TPSA) is 49.3 Å². The molecule has 3 heterocycles. The number of para-hydroxylation sites is 3. The second-order valence-electron chi connectivity index (χ2n) is 7.77. The predicted molar refractivity (Wildman–Crippen MR) is 110 cm³/mol. The second-order valence-corrected chi connectivity index (χ2v) is 7.77. The van der Waals surface area contributed by atoms with Crippen LogP contribution in [0.1, 0.15) is 24.1 Å². The average molecular weight is 372 g/mol. The van der Waals surface area contributed by atoms with Crippen LogP contribution in [0.25, 0.3) is 11.0 Å². The first kappa shape index (κ1) is 17.3. The first-order chi connectivity index (χ1) is 13.8. The highest BCUT2D eigenvalue weighted by Crippen LogP contribution is 2.31. The zero-order valence-corrected chi connectivity index (χ0v) is 15.9. The number of likely N-dealkylation sites (tertiary alicyclic amines) is 1. The summed E-state index contributed by atoms with van der Waals surface area (Å²) in [6, 6.07) is 16.3. The van der Waals surface area contributed by atoms with Gasteiger partial charge in [0, 0.05) is 24.7 Å². The van der Waals surface area contributed by atoms with Crippen LogP contribution in [-0.2, 0) is 17.8 Å². The van der Waals surface area contributed by atoms with Gasteiger partial charge in [0.05, 0.1) is 22.9 Å². The van der Waals surface area contributed by atoms with Crippen molar-refractivity contribution in [1.29, 1.82) is 0 Å². The summed E-state index contributed by atoms with van der Waals surface area (Å²) in [7, 11) is 0. The number of fused-ring (bicyclic) bond motifs is 2. The van der Waals surface area contributed by atoms with Crippen LogP contribution in [0.5, 0.6) is 0 Å². The minimum absolute atomic E-state index is 0.130. The summed E-state index contributed by atoms with van der Waals surface area (Å²) >= 11 is 0. The molecule has 1 amide bonds. The van der Waals surface area contributed by atoms with Gasteiger partial charge in [0.25, 0.3) is 0 Å². The molecule has 2 aromatic carbocycles. The number of piperidine rings is 1.